The van der Waals surface area contributed by atoms with Crippen LogP contribution in [0, 0.1) is 6.92 Å². The second kappa shape index (κ2) is 41.7. The fourth-order valence-corrected chi connectivity index (χ4v) is 17.5. The number of imidazole rings is 2. The summed E-state index contributed by atoms with van der Waals surface area (Å²) in [4.78, 5) is 33.6. The third-order valence-corrected chi connectivity index (χ3v) is 25.2. The molecule has 0 aliphatic carbocycles. The van der Waals surface area contributed by atoms with Crippen molar-refractivity contribution in [1.82, 2.24) is 58.4 Å². The molecule has 21 nitrogen and oxygen atoms in total. The van der Waals surface area contributed by atoms with Crippen molar-refractivity contribution < 1.29 is 25.3 Å². The standard InChI is InChI=1S/C15H26N2O2S.C14H18N2.C13H18N2.C13H21NO2S.C12H15N3.C12H14N2.C12H19NO2S.C11H14N2/c1-15(2,3)13-9-7-8-10-14(13)20(18,19)17(6)12-11-16(4)5;1-14(2,3)12-8-6-5-7-11(12)13-9-16(4)10-15-13;1-9-12-10(13(2,3)4)7-6-8-11(12)15(5)14-9;1-13(2,3)10-8-7-9-11(14(4)5)12(10)17(6,15)16;1-12(2,3)9-6-4-5-8-10(9)14-7-15-11(8)13;1-12(2,3)10-6-4-5-9-7-13-8-14-11(9)10;1-12(2,3)10-8-6-7-9-11(10)13(4)16(5,14)15;1-11(2,3)10-12-8-6-4-5-7-9(8)13-10/h7-10H,11-12H2,1-6H3;5-10H,1-4H3;6-8H,1-5H3;7-9H,1-6H3;4-7H,1-3H3,(H2,13,14,15);4-8H,1-3H3;6-9H,1-5H3;4-7H,1-3H3,(H,12,13). The molecule has 13 rings (SSSR count). The summed E-state index contributed by atoms with van der Waals surface area (Å²) in [7, 11) is 4.92. The lowest BCUT2D eigenvalue weighted by Gasteiger charge is -2.27. The molecule has 0 amide bonds. The first kappa shape index (κ1) is 105. The number of aromatic amines is 1. The Morgan fingerprint density at radius 2 is 0.921 bits per heavy atom. The highest BCUT2D eigenvalue weighted by atomic mass is 32.2. The maximum atomic E-state index is 12.7. The summed E-state index contributed by atoms with van der Waals surface area (Å²) >= 11 is 0. The minimum atomic E-state index is -3.44. The van der Waals surface area contributed by atoms with E-state index in [4.69, 9.17) is 5.73 Å². The van der Waals surface area contributed by atoms with Gasteiger partial charge in [0.25, 0.3) is 0 Å². The molecule has 13 aromatic rings. The smallest absolute Gasteiger partial charge is 0.243 e. The van der Waals surface area contributed by atoms with Gasteiger partial charge in [-0.15, -0.1) is 0 Å². The Bertz CT molecular complexity index is 6110. The molecular formula is C102H145N15O6S3. The molecule has 0 bridgehead atoms. The lowest BCUT2D eigenvalue weighted by atomic mass is 9.83. The molecule has 0 saturated heterocycles. The molecule has 3 N–H and O–H groups in total. The first-order chi connectivity index (χ1) is 57.8. The van der Waals surface area contributed by atoms with Gasteiger partial charge in [0, 0.05) is 101 Å². The Kier molecular flexibility index (Phi) is 34.6. The van der Waals surface area contributed by atoms with Crippen LogP contribution in [0.25, 0.3) is 55.0 Å². The number of para-hydroxylation sites is 5. The van der Waals surface area contributed by atoms with Crippen LogP contribution >= 0.6 is 0 Å². The van der Waals surface area contributed by atoms with Crippen molar-refractivity contribution in [2.24, 2.45) is 14.1 Å². The third-order valence-electron chi connectivity index (χ3n) is 21.0. The average Bonchev–Trinajstić information content (AvgIpc) is 1.63. The van der Waals surface area contributed by atoms with Gasteiger partial charge in [0.15, 0.2) is 9.84 Å². The SMILES string of the molecule is CC(C)(C)c1cccc2c(N)ncnc12.CC(C)(C)c1cccc2cncnc12.CC(C)(C)c1nc2ccccc2[nH]1.CN(C)CCN(C)S(=O)(=O)c1ccccc1C(C)(C)C.CN(C)c1cccc(C(C)(C)C)c1S(C)(=O)=O.CN(c1ccccc1C(C)(C)C)S(C)(=O)=O.Cc1nn(C)c2cccc(C(C)(C)C)c12.Cn1cnc(-c2ccccc2C(C)(C)C)c1. The number of H-pyrrole nitrogens is 1. The quantitative estimate of drug-likeness (QED) is 0.129. The van der Waals surface area contributed by atoms with Gasteiger partial charge in [-0.2, -0.15) is 9.40 Å². The topological polar surface area (TPSA) is 257 Å². The minimum absolute atomic E-state index is 0.0697. The largest absolute Gasteiger partial charge is 0.383 e. The molecule has 0 aliphatic heterocycles. The van der Waals surface area contributed by atoms with E-state index in [1.807, 2.05) is 206 Å². The summed E-state index contributed by atoms with van der Waals surface area (Å²) in [5.74, 6) is 1.60. The highest BCUT2D eigenvalue weighted by Crippen LogP contribution is 2.39. The number of fused-ring (bicyclic) bond motifs is 4. The number of aromatic nitrogens is 10. The van der Waals surface area contributed by atoms with E-state index >= 15 is 0 Å². The zero-order valence-corrected chi connectivity index (χ0v) is 84.5. The molecule has 5 aromatic heterocycles. The summed E-state index contributed by atoms with van der Waals surface area (Å²) in [5, 5.41) is 7.84. The highest BCUT2D eigenvalue weighted by molar-refractivity contribution is 7.92. The molecule has 126 heavy (non-hydrogen) atoms. The van der Waals surface area contributed by atoms with E-state index in [9.17, 15) is 25.3 Å². The number of nitrogens with two attached hydrogens (primary N) is 1. The van der Waals surface area contributed by atoms with Crippen molar-refractivity contribution in [1.29, 1.82) is 0 Å². The van der Waals surface area contributed by atoms with Crippen LogP contribution in [0.15, 0.2) is 211 Å². The van der Waals surface area contributed by atoms with Crippen LogP contribution < -0.4 is 14.9 Å². The molecule has 8 aromatic carbocycles. The molecule has 5 heterocycles. The van der Waals surface area contributed by atoms with E-state index in [2.05, 4.69) is 244 Å². The second-order valence-corrected chi connectivity index (χ2v) is 46.9. The third kappa shape index (κ3) is 28.6. The zero-order valence-electron chi connectivity index (χ0n) is 82.0. The summed E-state index contributed by atoms with van der Waals surface area (Å²) in [5.41, 5.74) is 24.2. The van der Waals surface area contributed by atoms with Crippen molar-refractivity contribution in [2.75, 3.05) is 82.8 Å². The number of hydrogen-bond donors (Lipinski definition) is 2. The summed E-state index contributed by atoms with van der Waals surface area (Å²) in [6, 6.07) is 55.8. The maximum absolute atomic E-state index is 12.7. The van der Waals surface area contributed by atoms with Gasteiger partial charge in [0.05, 0.1) is 72.7 Å². The van der Waals surface area contributed by atoms with Gasteiger partial charge < -0.3 is 25.1 Å². The van der Waals surface area contributed by atoms with Gasteiger partial charge in [0.2, 0.25) is 20.0 Å². The Hall–Kier alpha value is -10.2. The maximum Gasteiger partial charge on any atom is 0.243 e. The van der Waals surface area contributed by atoms with Gasteiger partial charge in [-0.1, -0.05) is 294 Å². The van der Waals surface area contributed by atoms with Crippen molar-refractivity contribution in [2.45, 2.75) is 226 Å². The highest BCUT2D eigenvalue weighted by Gasteiger charge is 2.31. The molecule has 0 fully saturated rings. The van der Waals surface area contributed by atoms with Gasteiger partial charge in [-0.25, -0.2) is 55.2 Å². The predicted molar refractivity (Wildman–Crippen MR) is 532 cm³/mol. The molecule has 0 aliphatic rings. The number of nitrogens with one attached hydrogen (secondary N) is 1. The Morgan fingerprint density at radius 1 is 0.452 bits per heavy atom. The number of nitrogens with zero attached hydrogens (tertiary/aromatic N) is 13. The van der Waals surface area contributed by atoms with E-state index in [1.165, 1.54) is 66.2 Å². The number of benzene rings is 8. The van der Waals surface area contributed by atoms with Gasteiger partial charge in [-0.05, 0) is 140 Å². The first-order valence-corrected chi connectivity index (χ1v) is 47.9. The van der Waals surface area contributed by atoms with E-state index < -0.39 is 29.9 Å². The normalized spacial score (nSPS) is 12.4. The van der Waals surface area contributed by atoms with Crippen LogP contribution in [0.3, 0.4) is 0 Å². The van der Waals surface area contributed by atoms with E-state index in [0.717, 1.165) is 78.1 Å². The Labute approximate surface area is 755 Å². The predicted octanol–water partition coefficient (Wildman–Crippen LogP) is 21.9. The number of aryl methyl sites for hydroxylation is 3. The summed E-state index contributed by atoms with van der Waals surface area (Å²) in [6.45, 7) is 54.6. The van der Waals surface area contributed by atoms with Crippen LogP contribution in [0.2, 0.25) is 0 Å². The fourth-order valence-electron chi connectivity index (χ4n) is 14.1. The van der Waals surface area contributed by atoms with E-state index in [0.29, 0.717) is 28.7 Å². The fraction of sp³-hybridized carbons (Fsp3) is 0.441. The average molecular weight is 1770 g/mol. The van der Waals surface area contributed by atoms with E-state index in [-0.39, 0.29) is 43.3 Å². The second-order valence-electron chi connectivity index (χ2n) is 40.9. The molecule has 0 atom stereocenters. The van der Waals surface area contributed by atoms with Crippen molar-refractivity contribution >= 4 is 90.8 Å². The van der Waals surface area contributed by atoms with Crippen molar-refractivity contribution in [3.8, 4) is 11.3 Å². The lowest BCUT2D eigenvalue weighted by Crippen LogP contribution is -2.34. The lowest BCUT2D eigenvalue weighted by molar-refractivity contribution is 0.358. The summed E-state index contributed by atoms with van der Waals surface area (Å²) < 4.78 is 79.2. The molecular weight excluding hydrogens is 1630 g/mol. The zero-order chi connectivity index (χ0) is 95.2. The van der Waals surface area contributed by atoms with E-state index in [1.54, 1.807) is 32.6 Å². The number of likely N-dealkylation sites (N-methyl/N-ethyl adjacent to an activating group) is 2. The van der Waals surface area contributed by atoms with Gasteiger partial charge in [0.1, 0.15) is 24.3 Å². The van der Waals surface area contributed by atoms with Crippen molar-refractivity contribution in [3.05, 3.63) is 252 Å². The van der Waals surface area contributed by atoms with Crippen molar-refractivity contribution in [3.63, 3.8) is 0 Å². The number of sulfone groups is 1. The molecule has 0 saturated carbocycles. The molecule has 0 unspecified atom stereocenters. The number of hydrogen-bond acceptors (Lipinski definition) is 16. The van der Waals surface area contributed by atoms with Gasteiger partial charge >= 0.3 is 0 Å². The molecule has 682 valence electrons. The van der Waals surface area contributed by atoms with Gasteiger partial charge in [-0.3, -0.25) is 8.99 Å². The number of anilines is 3. The van der Waals surface area contributed by atoms with Crippen LogP contribution in [-0.2, 0) is 87.3 Å². The number of nitrogen functional groups attached to an aromatic ring is 1. The van der Waals surface area contributed by atoms with Crippen LogP contribution in [0.4, 0.5) is 17.2 Å². The Morgan fingerprint density at radius 3 is 1.44 bits per heavy atom. The van der Waals surface area contributed by atoms with Crippen LogP contribution in [0.1, 0.15) is 217 Å². The monoisotopic (exact) mass is 1770 g/mol. The van der Waals surface area contributed by atoms with Crippen LogP contribution in [-0.4, -0.2) is 152 Å². The molecule has 24 heteroatoms. The first-order valence-electron chi connectivity index (χ1n) is 42.7. The summed E-state index contributed by atoms with van der Waals surface area (Å²) in [6.07, 6.45) is 11.4. The number of rotatable bonds is 10. The molecule has 0 spiro atoms. The number of sulfonamides is 2. The minimum Gasteiger partial charge on any atom is -0.383 e. The van der Waals surface area contributed by atoms with Crippen LogP contribution in [0.5, 0.6) is 0 Å². The Balaban J connectivity index is 0.000000223. The molecule has 0 radical (unpaired) electrons.